The molecule has 0 spiro atoms. The first-order chi connectivity index (χ1) is 14.7. The second kappa shape index (κ2) is 11.0. The maximum atomic E-state index is 13.1. The van der Waals surface area contributed by atoms with E-state index in [2.05, 4.69) is 17.3 Å². The molecule has 1 N–H and O–H groups in total. The number of aromatic nitrogens is 2. The fourth-order valence-corrected chi connectivity index (χ4v) is 5.19. The van der Waals surface area contributed by atoms with Gasteiger partial charge in [-0.2, -0.15) is 9.40 Å². The van der Waals surface area contributed by atoms with Crippen LogP contribution in [-0.2, 0) is 16.6 Å². The van der Waals surface area contributed by atoms with Crippen LogP contribution in [0.3, 0.4) is 0 Å². The Morgan fingerprint density at radius 1 is 1.23 bits per heavy atom. The van der Waals surface area contributed by atoms with E-state index in [1.54, 1.807) is 44.5 Å². The number of hydrogen-bond acceptors (Lipinski definition) is 5. The van der Waals surface area contributed by atoms with Gasteiger partial charge < -0.3 is 10.1 Å². The highest BCUT2D eigenvalue weighted by molar-refractivity contribution is 7.89. The predicted octanol–water partition coefficient (Wildman–Crippen LogP) is 4.33. The SMILES string of the molecule is CCCCn1nc(C)c(C(=O)Nc2ccc(OCC)c(S(=O)(=O)N(CC)CC)c2)c1Cl. The van der Waals surface area contributed by atoms with Crippen LogP contribution in [0.1, 0.15) is 56.6 Å². The molecular formula is C21H31ClN4O4S. The average Bonchev–Trinajstić information content (AvgIpc) is 3.01. The molecule has 0 unspecified atom stereocenters. The third-order valence-corrected chi connectivity index (χ3v) is 7.30. The van der Waals surface area contributed by atoms with Crippen LogP contribution in [0.2, 0.25) is 5.15 Å². The van der Waals surface area contributed by atoms with Crippen molar-refractivity contribution in [1.29, 1.82) is 0 Å². The van der Waals surface area contributed by atoms with E-state index in [0.717, 1.165) is 12.8 Å². The van der Waals surface area contributed by atoms with Crippen LogP contribution in [0.25, 0.3) is 0 Å². The third-order valence-electron chi connectivity index (χ3n) is 4.84. The normalized spacial score (nSPS) is 11.7. The van der Waals surface area contributed by atoms with E-state index >= 15 is 0 Å². The number of amides is 1. The smallest absolute Gasteiger partial charge is 0.260 e. The molecule has 31 heavy (non-hydrogen) atoms. The number of carbonyl (C=O) groups is 1. The van der Waals surface area contributed by atoms with Gasteiger partial charge in [0.15, 0.2) is 0 Å². The molecule has 1 aromatic carbocycles. The molecule has 0 saturated heterocycles. The quantitative estimate of drug-likeness (QED) is 0.527. The van der Waals surface area contributed by atoms with Crippen LogP contribution < -0.4 is 10.1 Å². The molecule has 10 heteroatoms. The Bertz CT molecular complexity index is 1020. The van der Waals surface area contributed by atoms with Crippen molar-refractivity contribution in [1.82, 2.24) is 14.1 Å². The number of anilines is 1. The molecule has 0 aliphatic rings. The van der Waals surface area contributed by atoms with Gasteiger partial charge in [0.1, 0.15) is 15.8 Å². The molecule has 1 heterocycles. The minimum absolute atomic E-state index is 0.0114. The van der Waals surface area contributed by atoms with E-state index in [1.165, 1.54) is 10.4 Å². The summed E-state index contributed by atoms with van der Waals surface area (Å²) in [5.74, 6) is -0.199. The van der Waals surface area contributed by atoms with Crippen molar-refractivity contribution >= 4 is 33.2 Å². The lowest BCUT2D eigenvalue weighted by Gasteiger charge is -2.21. The van der Waals surface area contributed by atoms with Crippen molar-refractivity contribution in [3.8, 4) is 5.75 Å². The van der Waals surface area contributed by atoms with Crippen molar-refractivity contribution in [2.45, 2.75) is 58.9 Å². The number of rotatable bonds is 11. The van der Waals surface area contributed by atoms with Crippen LogP contribution in [0.15, 0.2) is 23.1 Å². The first-order valence-electron chi connectivity index (χ1n) is 10.5. The zero-order chi connectivity index (χ0) is 23.2. The first-order valence-corrected chi connectivity index (χ1v) is 12.3. The first kappa shape index (κ1) is 25.2. The standard InChI is InChI=1S/C21H31ClN4O4S/c1-6-10-13-26-20(22)19(15(5)24-26)21(27)23-16-11-12-17(30-9-4)18(14-16)31(28,29)25(7-2)8-3/h11-12,14H,6-10,13H2,1-5H3,(H,23,27). The van der Waals surface area contributed by atoms with Gasteiger partial charge in [0.25, 0.3) is 5.91 Å². The highest BCUT2D eigenvalue weighted by Crippen LogP contribution is 2.31. The van der Waals surface area contributed by atoms with Crippen LogP contribution in [0, 0.1) is 6.92 Å². The molecule has 8 nitrogen and oxygen atoms in total. The number of halogens is 1. The molecular weight excluding hydrogens is 440 g/mol. The summed E-state index contributed by atoms with van der Waals surface area (Å²) in [5.41, 5.74) is 1.12. The second-order valence-corrected chi connectivity index (χ2v) is 9.23. The van der Waals surface area contributed by atoms with E-state index in [-0.39, 0.29) is 21.4 Å². The molecule has 172 valence electrons. The molecule has 2 aromatic rings. The summed E-state index contributed by atoms with van der Waals surface area (Å²) >= 11 is 6.39. The lowest BCUT2D eigenvalue weighted by molar-refractivity contribution is 0.102. The number of carbonyl (C=O) groups excluding carboxylic acids is 1. The van der Waals surface area contributed by atoms with Gasteiger partial charge in [0, 0.05) is 25.3 Å². The minimum Gasteiger partial charge on any atom is -0.492 e. The van der Waals surface area contributed by atoms with Crippen molar-refractivity contribution in [2.24, 2.45) is 0 Å². The van der Waals surface area contributed by atoms with Gasteiger partial charge in [-0.25, -0.2) is 8.42 Å². The minimum atomic E-state index is -3.78. The van der Waals surface area contributed by atoms with Crippen LogP contribution in [0.5, 0.6) is 5.75 Å². The molecule has 0 bridgehead atoms. The van der Waals surface area contributed by atoms with Gasteiger partial charge in [-0.1, -0.05) is 38.8 Å². The summed E-state index contributed by atoms with van der Waals surface area (Å²) in [6.07, 6.45) is 1.88. The predicted molar refractivity (Wildman–Crippen MR) is 123 cm³/mol. The van der Waals surface area contributed by atoms with Gasteiger partial charge >= 0.3 is 0 Å². The lowest BCUT2D eigenvalue weighted by Crippen LogP contribution is -2.31. The van der Waals surface area contributed by atoms with Gasteiger partial charge in [-0.3, -0.25) is 9.48 Å². The highest BCUT2D eigenvalue weighted by atomic mass is 35.5. The summed E-state index contributed by atoms with van der Waals surface area (Å²) in [7, 11) is -3.78. The lowest BCUT2D eigenvalue weighted by atomic mass is 10.2. The highest BCUT2D eigenvalue weighted by Gasteiger charge is 2.27. The average molecular weight is 471 g/mol. The summed E-state index contributed by atoms with van der Waals surface area (Å²) in [6.45, 7) is 10.7. The summed E-state index contributed by atoms with van der Waals surface area (Å²) < 4.78 is 34.7. The Kier molecular flexibility index (Phi) is 8.90. The van der Waals surface area contributed by atoms with E-state index < -0.39 is 15.9 Å². The Morgan fingerprint density at radius 2 is 1.90 bits per heavy atom. The van der Waals surface area contributed by atoms with Crippen LogP contribution >= 0.6 is 11.6 Å². The molecule has 0 radical (unpaired) electrons. The molecule has 0 aliphatic carbocycles. The summed E-state index contributed by atoms with van der Waals surface area (Å²) in [6, 6.07) is 4.57. The molecule has 2 rings (SSSR count). The zero-order valence-electron chi connectivity index (χ0n) is 18.7. The van der Waals surface area contributed by atoms with Gasteiger partial charge in [-0.15, -0.1) is 0 Å². The Hall–Kier alpha value is -2.10. The largest absolute Gasteiger partial charge is 0.492 e. The Morgan fingerprint density at radius 3 is 2.48 bits per heavy atom. The monoisotopic (exact) mass is 470 g/mol. The maximum Gasteiger partial charge on any atom is 0.260 e. The Labute approximate surface area is 189 Å². The van der Waals surface area contributed by atoms with E-state index in [4.69, 9.17) is 16.3 Å². The fraction of sp³-hybridized carbons (Fsp3) is 0.524. The number of sulfonamides is 1. The number of aryl methyl sites for hydroxylation is 2. The van der Waals surface area contributed by atoms with Crippen molar-refractivity contribution in [3.63, 3.8) is 0 Å². The zero-order valence-corrected chi connectivity index (χ0v) is 20.3. The topological polar surface area (TPSA) is 93.5 Å². The Balaban J connectivity index is 2.41. The van der Waals surface area contributed by atoms with Gasteiger partial charge in [0.2, 0.25) is 10.0 Å². The number of hydrogen-bond donors (Lipinski definition) is 1. The van der Waals surface area contributed by atoms with Crippen molar-refractivity contribution in [2.75, 3.05) is 25.0 Å². The van der Waals surface area contributed by atoms with Gasteiger partial charge in [0.05, 0.1) is 17.9 Å². The molecule has 0 fully saturated rings. The van der Waals surface area contributed by atoms with E-state index in [9.17, 15) is 13.2 Å². The fourth-order valence-electron chi connectivity index (χ4n) is 3.23. The van der Waals surface area contributed by atoms with E-state index in [0.29, 0.717) is 37.6 Å². The number of unbranched alkanes of at least 4 members (excludes halogenated alkanes) is 1. The third kappa shape index (κ3) is 5.58. The molecule has 0 saturated carbocycles. The summed E-state index contributed by atoms with van der Waals surface area (Å²) in [5, 5.41) is 7.37. The number of nitrogens with zero attached hydrogens (tertiary/aromatic N) is 3. The van der Waals surface area contributed by atoms with Crippen molar-refractivity contribution in [3.05, 3.63) is 34.6 Å². The van der Waals surface area contributed by atoms with Crippen molar-refractivity contribution < 1.29 is 17.9 Å². The second-order valence-electron chi connectivity index (χ2n) is 6.97. The summed E-state index contributed by atoms with van der Waals surface area (Å²) in [4.78, 5) is 12.9. The maximum absolute atomic E-state index is 13.1. The molecule has 0 aliphatic heterocycles. The molecule has 0 atom stereocenters. The van der Waals surface area contributed by atoms with Gasteiger partial charge in [-0.05, 0) is 38.5 Å². The van der Waals surface area contributed by atoms with Crippen LogP contribution in [-0.4, -0.2) is 48.1 Å². The molecule has 1 amide bonds. The number of nitrogens with one attached hydrogen (secondary N) is 1. The number of ether oxygens (including phenoxy) is 1. The number of benzene rings is 1. The van der Waals surface area contributed by atoms with E-state index in [1.807, 2.05) is 0 Å². The molecule has 1 aromatic heterocycles. The van der Waals surface area contributed by atoms with Crippen LogP contribution in [0.4, 0.5) is 5.69 Å².